The van der Waals surface area contributed by atoms with Gasteiger partial charge in [0, 0.05) is 5.92 Å². The van der Waals surface area contributed by atoms with Crippen molar-refractivity contribution in [3.05, 3.63) is 53.6 Å². The minimum atomic E-state index is -0.344. The van der Waals surface area contributed by atoms with Gasteiger partial charge in [-0.3, -0.25) is 9.59 Å². The van der Waals surface area contributed by atoms with Crippen LogP contribution in [0.2, 0.25) is 0 Å². The molecule has 1 aromatic rings. The molecular formula is C16H14O2. The van der Waals surface area contributed by atoms with Gasteiger partial charge in [-0.05, 0) is 30.1 Å². The minimum absolute atomic E-state index is 0.0125. The molecule has 0 saturated heterocycles. The Balaban J connectivity index is 1.87. The molecule has 0 N–H and O–H groups in total. The lowest BCUT2D eigenvalue weighted by atomic mass is 9.86. The number of ketones is 2. The van der Waals surface area contributed by atoms with Crippen LogP contribution >= 0.6 is 0 Å². The molecule has 2 bridgehead atoms. The number of carbonyl (C=O) groups is 2. The molecule has 18 heavy (non-hydrogen) atoms. The summed E-state index contributed by atoms with van der Waals surface area (Å²) in [6, 6.07) is 9.90. The number of carbonyl (C=O) groups excluding carboxylic acids is 2. The van der Waals surface area contributed by atoms with Crippen molar-refractivity contribution in [2.75, 3.05) is 0 Å². The SMILES string of the molecule is O=C1C=C(/C=C\c2ccccc2)[C@H]2CC[C@@H]1C2=O. The number of fused-ring (bicyclic) bond motifs is 2. The second-order valence-corrected chi connectivity index (χ2v) is 4.88. The first-order valence-electron chi connectivity index (χ1n) is 6.28. The first kappa shape index (κ1) is 11.1. The average molecular weight is 238 g/mol. The third kappa shape index (κ3) is 1.84. The van der Waals surface area contributed by atoms with Crippen molar-refractivity contribution in [1.29, 1.82) is 0 Å². The summed E-state index contributed by atoms with van der Waals surface area (Å²) in [5.41, 5.74) is 1.96. The van der Waals surface area contributed by atoms with Gasteiger partial charge in [0.25, 0.3) is 0 Å². The second-order valence-electron chi connectivity index (χ2n) is 4.88. The highest BCUT2D eigenvalue weighted by atomic mass is 16.2. The fourth-order valence-electron chi connectivity index (χ4n) is 2.76. The number of Topliss-reactive ketones (excluding diaryl/α,β-unsaturated/α-hetero) is 1. The summed E-state index contributed by atoms with van der Waals surface area (Å²) in [5, 5.41) is 0. The summed E-state index contributed by atoms with van der Waals surface area (Å²) in [6.45, 7) is 0. The molecule has 0 amide bonds. The number of rotatable bonds is 2. The van der Waals surface area contributed by atoms with E-state index in [9.17, 15) is 9.59 Å². The zero-order chi connectivity index (χ0) is 12.5. The largest absolute Gasteiger partial charge is 0.298 e. The zero-order valence-corrected chi connectivity index (χ0v) is 10.0. The van der Waals surface area contributed by atoms with E-state index in [-0.39, 0.29) is 23.4 Å². The van der Waals surface area contributed by atoms with E-state index in [0.717, 1.165) is 24.0 Å². The molecule has 1 fully saturated rings. The van der Waals surface area contributed by atoms with Crippen LogP contribution in [0.5, 0.6) is 0 Å². The van der Waals surface area contributed by atoms with Crippen LogP contribution in [0, 0.1) is 11.8 Å². The molecule has 1 aromatic carbocycles. The van der Waals surface area contributed by atoms with Gasteiger partial charge in [0.15, 0.2) is 11.6 Å². The summed E-state index contributed by atoms with van der Waals surface area (Å²) in [4.78, 5) is 23.7. The van der Waals surface area contributed by atoms with Gasteiger partial charge in [-0.15, -0.1) is 0 Å². The third-order valence-corrected chi connectivity index (χ3v) is 3.75. The number of hydrogen-bond acceptors (Lipinski definition) is 2. The number of benzene rings is 1. The normalized spacial score (nSPS) is 26.8. The van der Waals surface area contributed by atoms with Gasteiger partial charge in [-0.25, -0.2) is 0 Å². The van der Waals surface area contributed by atoms with Crippen LogP contribution in [0.4, 0.5) is 0 Å². The van der Waals surface area contributed by atoms with Gasteiger partial charge in [-0.1, -0.05) is 42.5 Å². The van der Waals surface area contributed by atoms with Crippen LogP contribution in [0.25, 0.3) is 6.08 Å². The topological polar surface area (TPSA) is 34.1 Å². The van der Waals surface area contributed by atoms with Gasteiger partial charge in [0.05, 0.1) is 5.92 Å². The van der Waals surface area contributed by atoms with Crippen molar-refractivity contribution in [2.45, 2.75) is 12.8 Å². The molecule has 0 aliphatic heterocycles. The van der Waals surface area contributed by atoms with Crippen LogP contribution in [-0.2, 0) is 9.59 Å². The van der Waals surface area contributed by atoms with E-state index >= 15 is 0 Å². The highest BCUT2D eigenvalue weighted by Gasteiger charge is 2.42. The Morgan fingerprint density at radius 2 is 1.67 bits per heavy atom. The number of hydrogen-bond donors (Lipinski definition) is 0. The third-order valence-electron chi connectivity index (χ3n) is 3.75. The Labute approximate surface area is 106 Å². The molecule has 0 aromatic heterocycles. The lowest BCUT2D eigenvalue weighted by Crippen LogP contribution is -2.26. The summed E-state index contributed by atoms with van der Waals surface area (Å²) >= 11 is 0. The van der Waals surface area contributed by atoms with E-state index < -0.39 is 0 Å². The highest BCUT2D eigenvalue weighted by molar-refractivity contribution is 6.14. The molecule has 2 aliphatic carbocycles. The molecule has 0 spiro atoms. The summed E-state index contributed by atoms with van der Waals surface area (Å²) in [7, 11) is 0. The van der Waals surface area contributed by atoms with E-state index in [2.05, 4.69) is 0 Å². The van der Waals surface area contributed by atoms with Crippen LogP contribution in [0.1, 0.15) is 18.4 Å². The average Bonchev–Trinajstić information content (AvgIpc) is 2.68. The predicted molar refractivity (Wildman–Crippen MR) is 69.8 cm³/mol. The molecule has 2 aliphatic rings. The maximum atomic E-state index is 11.9. The van der Waals surface area contributed by atoms with E-state index in [4.69, 9.17) is 0 Å². The molecule has 0 unspecified atom stereocenters. The van der Waals surface area contributed by atoms with Crippen molar-refractivity contribution >= 4 is 17.6 Å². The second kappa shape index (κ2) is 4.37. The molecule has 0 heterocycles. The lowest BCUT2D eigenvalue weighted by Gasteiger charge is -2.15. The lowest BCUT2D eigenvalue weighted by molar-refractivity contribution is -0.130. The first-order chi connectivity index (χ1) is 8.75. The molecule has 2 heteroatoms. The van der Waals surface area contributed by atoms with E-state index in [1.165, 1.54) is 0 Å². The molecule has 1 saturated carbocycles. The highest BCUT2D eigenvalue weighted by Crippen LogP contribution is 2.38. The molecule has 0 radical (unpaired) electrons. The van der Waals surface area contributed by atoms with Crippen LogP contribution in [0.15, 0.2) is 48.1 Å². The molecular weight excluding hydrogens is 224 g/mol. The quantitative estimate of drug-likeness (QED) is 0.742. The molecule has 2 atom stereocenters. The Morgan fingerprint density at radius 3 is 2.44 bits per heavy atom. The summed E-state index contributed by atoms with van der Waals surface area (Å²) < 4.78 is 0. The van der Waals surface area contributed by atoms with Gasteiger partial charge in [-0.2, -0.15) is 0 Å². The van der Waals surface area contributed by atoms with Gasteiger partial charge in [0.1, 0.15) is 0 Å². The maximum Gasteiger partial charge on any atom is 0.166 e. The fraction of sp³-hybridized carbons (Fsp3) is 0.250. The summed E-state index contributed by atoms with van der Waals surface area (Å²) in [6.07, 6.45) is 7.08. The summed E-state index contributed by atoms with van der Waals surface area (Å²) in [5.74, 6) is -0.284. The number of allylic oxidation sites excluding steroid dienone is 3. The standard InChI is InChI=1S/C16H14O2/c17-15-10-12(13-8-9-14(15)16(13)18)7-6-11-4-2-1-3-5-11/h1-7,10,13-14H,8-9H2/b7-6-/t13-,14+/m1/s1. The van der Waals surface area contributed by atoms with Crippen LogP contribution in [-0.4, -0.2) is 11.6 Å². The Morgan fingerprint density at radius 1 is 0.944 bits per heavy atom. The maximum absolute atomic E-state index is 11.9. The van der Waals surface area contributed by atoms with Crippen LogP contribution < -0.4 is 0 Å². The first-order valence-corrected chi connectivity index (χ1v) is 6.28. The van der Waals surface area contributed by atoms with Gasteiger partial charge >= 0.3 is 0 Å². The van der Waals surface area contributed by atoms with E-state index in [1.54, 1.807) is 6.08 Å². The van der Waals surface area contributed by atoms with Crippen molar-refractivity contribution in [3.8, 4) is 0 Å². The Bertz CT molecular complexity index is 552. The van der Waals surface area contributed by atoms with Crippen LogP contribution in [0.3, 0.4) is 0 Å². The van der Waals surface area contributed by atoms with Crippen molar-refractivity contribution < 1.29 is 9.59 Å². The monoisotopic (exact) mass is 238 g/mol. The van der Waals surface area contributed by atoms with Gasteiger partial charge in [0.2, 0.25) is 0 Å². The Kier molecular flexibility index (Phi) is 2.71. The zero-order valence-electron chi connectivity index (χ0n) is 10.0. The Hall–Kier alpha value is -1.96. The predicted octanol–water partition coefficient (Wildman–Crippen LogP) is 2.80. The van der Waals surface area contributed by atoms with E-state index in [0.29, 0.717) is 0 Å². The smallest absolute Gasteiger partial charge is 0.166 e. The van der Waals surface area contributed by atoms with Crippen molar-refractivity contribution in [3.63, 3.8) is 0 Å². The van der Waals surface area contributed by atoms with E-state index in [1.807, 2.05) is 42.5 Å². The molecule has 90 valence electrons. The van der Waals surface area contributed by atoms with Crippen molar-refractivity contribution in [2.24, 2.45) is 11.8 Å². The fourth-order valence-corrected chi connectivity index (χ4v) is 2.76. The molecule has 2 nitrogen and oxygen atoms in total. The molecule has 3 rings (SSSR count). The van der Waals surface area contributed by atoms with Gasteiger partial charge < -0.3 is 0 Å². The van der Waals surface area contributed by atoms with Crippen molar-refractivity contribution in [1.82, 2.24) is 0 Å². The minimum Gasteiger partial charge on any atom is -0.298 e.